The minimum absolute atomic E-state index is 0. The highest BCUT2D eigenvalue weighted by molar-refractivity contribution is 6.42. The molecule has 0 saturated heterocycles. The number of hydrogen-bond donors (Lipinski definition) is 1. The number of nitrogens with zero attached hydrogens (tertiary/aromatic N) is 3. The summed E-state index contributed by atoms with van der Waals surface area (Å²) in [5, 5.41) is 13.0. The number of aryl methyl sites for hydroxylation is 2. The molecule has 1 N–H and O–H groups in total. The quantitative estimate of drug-likeness (QED) is 0.250. The van der Waals surface area contributed by atoms with E-state index in [1.54, 1.807) is 0 Å². The molecule has 0 amide bonds. The summed E-state index contributed by atoms with van der Waals surface area (Å²) in [6.45, 7) is 5.55. The molecular formula is C12H14Cl2IN3O. The maximum Gasteiger partial charge on any atom is 0.304 e. The number of aromatic nitrogens is 2. The second-order valence-electron chi connectivity index (χ2n) is 3.85. The molecule has 0 saturated carbocycles. The van der Waals surface area contributed by atoms with Crippen molar-refractivity contribution in [3.05, 3.63) is 28.0 Å². The summed E-state index contributed by atoms with van der Waals surface area (Å²) in [6, 6.07) is 3.67. The van der Waals surface area contributed by atoms with Crippen molar-refractivity contribution in [3.8, 4) is 0 Å². The van der Waals surface area contributed by atoms with Crippen LogP contribution in [0.5, 0.6) is 0 Å². The highest BCUT2D eigenvalue weighted by Gasteiger charge is 2.23. The average Bonchev–Trinajstić information content (AvgIpc) is 2.63. The lowest BCUT2D eigenvalue weighted by molar-refractivity contribution is -0.669. The minimum Gasteiger partial charge on any atom is -1.00 e. The monoisotopic (exact) mass is 413 g/mol. The largest absolute Gasteiger partial charge is 1.00 e. The normalized spacial score (nSPS) is 11.2. The first kappa shape index (κ1) is 16.5. The van der Waals surface area contributed by atoms with Crippen LogP contribution < -0.4 is 28.5 Å². The van der Waals surface area contributed by atoms with Gasteiger partial charge < -0.3 is 29.2 Å². The molecule has 19 heavy (non-hydrogen) atoms. The van der Waals surface area contributed by atoms with Gasteiger partial charge in [-0.1, -0.05) is 28.4 Å². The molecule has 1 aromatic heterocycles. The molecule has 1 heterocycles. The molecule has 0 spiro atoms. The van der Waals surface area contributed by atoms with Crippen molar-refractivity contribution < 1.29 is 33.8 Å². The van der Waals surface area contributed by atoms with Crippen LogP contribution >= 0.6 is 23.2 Å². The fourth-order valence-electron chi connectivity index (χ4n) is 2.21. The first-order valence-corrected chi connectivity index (χ1v) is 6.48. The van der Waals surface area contributed by atoms with Gasteiger partial charge in [-0.2, -0.15) is 0 Å². The molecular weight excluding hydrogens is 400 g/mol. The summed E-state index contributed by atoms with van der Waals surface area (Å²) < 4.78 is 4.06. The van der Waals surface area contributed by atoms with Crippen molar-refractivity contribution in [2.75, 3.05) is 0 Å². The van der Waals surface area contributed by atoms with Gasteiger partial charge in [0.1, 0.15) is 0 Å². The topological polar surface area (TPSA) is 41.4 Å². The van der Waals surface area contributed by atoms with Crippen LogP contribution in [-0.4, -0.2) is 16.0 Å². The fraction of sp³-hybridized carbons (Fsp3) is 0.333. The smallest absolute Gasteiger partial charge is 0.304 e. The Morgan fingerprint density at radius 1 is 1.32 bits per heavy atom. The predicted octanol–water partition coefficient (Wildman–Crippen LogP) is 0.0875. The van der Waals surface area contributed by atoms with Crippen LogP contribution in [0, 0.1) is 0 Å². The van der Waals surface area contributed by atoms with Gasteiger partial charge in [-0.15, -0.1) is 0 Å². The van der Waals surface area contributed by atoms with E-state index >= 15 is 0 Å². The third-order valence-corrected chi connectivity index (χ3v) is 3.68. The second-order valence-corrected chi connectivity index (χ2v) is 4.66. The van der Waals surface area contributed by atoms with E-state index in [4.69, 9.17) is 28.4 Å². The van der Waals surface area contributed by atoms with Crippen LogP contribution in [0.25, 0.3) is 11.0 Å². The van der Waals surface area contributed by atoms with Gasteiger partial charge in [-0.05, 0) is 13.8 Å². The zero-order chi connectivity index (χ0) is 13.3. The number of halogens is 3. The van der Waals surface area contributed by atoms with Gasteiger partial charge in [0.2, 0.25) is 0 Å². The lowest BCUT2D eigenvalue weighted by atomic mass is 10.3. The molecule has 0 fully saturated rings. The third-order valence-electron chi connectivity index (χ3n) is 2.96. The molecule has 2 aromatic rings. The Kier molecular flexibility index (Phi) is 5.88. The molecule has 0 aliphatic rings. The van der Waals surface area contributed by atoms with Gasteiger partial charge in [0.25, 0.3) is 0 Å². The maximum absolute atomic E-state index is 8.78. The molecule has 0 bridgehead atoms. The molecule has 0 aliphatic heterocycles. The van der Waals surface area contributed by atoms with Crippen molar-refractivity contribution in [2.45, 2.75) is 26.9 Å². The number of imidazole rings is 1. The van der Waals surface area contributed by atoms with Crippen LogP contribution in [0.3, 0.4) is 0 Å². The summed E-state index contributed by atoms with van der Waals surface area (Å²) in [7, 11) is 0. The van der Waals surface area contributed by atoms with Crippen molar-refractivity contribution in [2.24, 2.45) is 5.16 Å². The molecule has 0 aliphatic carbocycles. The Balaban J connectivity index is 0.00000180. The van der Waals surface area contributed by atoms with E-state index in [1.165, 1.54) is 6.21 Å². The van der Waals surface area contributed by atoms with Crippen LogP contribution in [0.4, 0.5) is 0 Å². The highest BCUT2D eigenvalue weighted by atomic mass is 127. The molecule has 0 radical (unpaired) electrons. The van der Waals surface area contributed by atoms with Crippen LogP contribution in [0.1, 0.15) is 19.7 Å². The summed E-state index contributed by atoms with van der Waals surface area (Å²) >= 11 is 12.1. The van der Waals surface area contributed by atoms with Crippen LogP contribution in [0.2, 0.25) is 10.0 Å². The molecule has 1 aromatic carbocycles. The zero-order valence-corrected chi connectivity index (χ0v) is 14.2. The van der Waals surface area contributed by atoms with Crippen molar-refractivity contribution in [3.63, 3.8) is 0 Å². The van der Waals surface area contributed by atoms with Crippen LogP contribution in [0.15, 0.2) is 17.3 Å². The van der Waals surface area contributed by atoms with E-state index in [9.17, 15) is 0 Å². The maximum atomic E-state index is 8.78. The second kappa shape index (κ2) is 6.76. The summed E-state index contributed by atoms with van der Waals surface area (Å²) in [5.41, 5.74) is 1.95. The highest BCUT2D eigenvalue weighted by Crippen LogP contribution is 2.27. The van der Waals surface area contributed by atoms with Crippen molar-refractivity contribution in [1.82, 2.24) is 4.57 Å². The Labute approximate surface area is 138 Å². The van der Waals surface area contributed by atoms with Gasteiger partial charge in [-0.25, -0.2) is 9.13 Å². The molecule has 104 valence electrons. The summed E-state index contributed by atoms with van der Waals surface area (Å²) in [6.07, 6.45) is 1.43. The van der Waals surface area contributed by atoms with Gasteiger partial charge in [-0.3, -0.25) is 0 Å². The molecule has 4 nitrogen and oxygen atoms in total. The van der Waals surface area contributed by atoms with Gasteiger partial charge in [0.15, 0.2) is 17.2 Å². The first-order chi connectivity index (χ1) is 8.63. The number of benzene rings is 1. The van der Waals surface area contributed by atoms with E-state index in [1.807, 2.05) is 35.1 Å². The predicted molar refractivity (Wildman–Crippen MR) is 72.9 cm³/mol. The number of hydrogen-bond acceptors (Lipinski definition) is 2. The standard InChI is InChI=1S/C12H13Cl2N3O.HI/c1-3-16-10-5-8(13)9(14)6-11(10)17(4-2)12(16)7-15-18;/h5-7H,3-4H2,1-2H3;1H. The van der Waals surface area contributed by atoms with E-state index in [-0.39, 0.29) is 24.0 Å². The van der Waals surface area contributed by atoms with Gasteiger partial charge >= 0.3 is 5.82 Å². The Morgan fingerprint density at radius 3 is 2.47 bits per heavy atom. The lowest BCUT2D eigenvalue weighted by Crippen LogP contribution is -3.00. The first-order valence-electron chi connectivity index (χ1n) is 5.72. The summed E-state index contributed by atoms with van der Waals surface area (Å²) in [4.78, 5) is 0. The fourth-order valence-corrected chi connectivity index (χ4v) is 2.52. The lowest BCUT2D eigenvalue weighted by Gasteiger charge is -1.95. The van der Waals surface area contributed by atoms with E-state index in [2.05, 4.69) is 5.16 Å². The molecule has 0 atom stereocenters. The molecule has 7 heteroatoms. The summed E-state index contributed by atoms with van der Waals surface area (Å²) in [5.74, 6) is 0.816. The Morgan fingerprint density at radius 2 is 1.95 bits per heavy atom. The van der Waals surface area contributed by atoms with Crippen molar-refractivity contribution in [1.29, 1.82) is 0 Å². The molecule has 2 rings (SSSR count). The number of fused-ring (bicyclic) bond motifs is 1. The zero-order valence-electron chi connectivity index (χ0n) is 10.6. The SMILES string of the molecule is CCn1c(C=NO)[n+](CC)c2cc(Cl)c(Cl)cc21.[I-]. The van der Waals surface area contributed by atoms with Gasteiger partial charge in [0, 0.05) is 12.1 Å². The minimum atomic E-state index is 0. The van der Waals surface area contributed by atoms with Gasteiger partial charge in [0.05, 0.1) is 23.1 Å². The number of oxime groups is 1. The van der Waals surface area contributed by atoms with E-state index < -0.39 is 0 Å². The number of rotatable bonds is 3. The van der Waals surface area contributed by atoms with Crippen molar-refractivity contribution >= 4 is 40.4 Å². The van der Waals surface area contributed by atoms with E-state index in [0.29, 0.717) is 10.0 Å². The Bertz CT molecular complexity index is 578. The third kappa shape index (κ3) is 2.83. The Hall–Kier alpha value is -0.530. The molecule has 0 unspecified atom stereocenters. The van der Waals surface area contributed by atoms with Crippen LogP contribution in [-0.2, 0) is 13.1 Å². The average molecular weight is 414 g/mol. The van der Waals surface area contributed by atoms with E-state index in [0.717, 1.165) is 29.9 Å².